The first-order valence-electron chi connectivity index (χ1n) is 6.41. The van der Waals surface area contributed by atoms with E-state index in [1.54, 1.807) is 0 Å². The quantitative estimate of drug-likeness (QED) is 0.805. The molecular weight excluding hydrogens is 279 g/mol. The molecule has 0 amide bonds. The summed E-state index contributed by atoms with van der Waals surface area (Å²) in [4.78, 5) is 0.0373. The molecule has 1 aromatic rings. The zero-order valence-electron chi connectivity index (χ0n) is 11.0. The summed E-state index contributed by atoms with van der Waals surface area (Å²) in [5, 5.41) is 0. The van der Waals surface area contributed by atoms with Gasteiger partial charge in [0.05, 0.1) is 11.4 Å². The number of benzene rings is 1. The highest BCUT2D eigenvalue weighted by atomic mass is 32.2. The maximum Gasteiger partial charge on any atom is 0.243 e. The molecule has 0 saturated heterocycles. The third-order valence-corrected chi connectivity index (χ3v) is 5.11. The highest BCUT2D eigenvalue weighted by molar-refractivity contribution is 7.89. The molecule has 2 rings (SSSR count). The normalized spacial score (nSPS) is 15.3. The van der Waals surface area contributed by atoms with Gasteiger partial charge in [-0.2, -0.15) is 4.31 Å². The Hall–Kier alpha value is -1.42. The maximum atomic E-state index is 13.4. The van der Waals surface area contributed by atoms with Crippen LogP contribution in [0.15, 0.2) is 23.1 Å². The summed E-state index contributed by atoms with van der Waals surface area (Å²) < 4.78 is 39.7. The molecule has 0 aromatic heterocycles. The van der Waals surface area contributed by atoms with Gasteiger partial charge in [0, 0.05) is 18.7 Å². The lowest BCUT2D eigenvalue weighted by atomic mass is 10.2. The summed E-state index contributed by atoms with van der Waals surface area (Å²) >= 11 is 0. The van der Waals surface area contributed by atoms with Crippen molar-refractivity contribution >= 4 is 10.0 Å². The Kier molecular flexibility index (Phi) is 4.43. The molecule has 0 heterocycles. The molecule has 4 nitrogen and oxygen atoms in total. The number of nitrogens with two attached hydrogens (primary N) is 1. The van der Waals surface area contributed by atoms with Crippen molar-refractivity contribution in [3.05, 3.63) is 29.6 Å². The summed E-state index contributed by atoms with van der Waals surface area (Å²) in [6, 6.07) is 3.65. The molecule has 1 fully saturated rings. The first-order chi connectivity index (χ1) is 9.48. The Labute approximate surface area is 118 Å². The van der Waals surface area contributed by atoms with Crippen LogP contribution in [0.1, 0.15) is 18.4 Å². The summed E-state index contributed by atoms with van der Waals surface area (Å²) in [5.41, 5.74) is 5.59. The van der Waals surface area contributed by atoms with Crippen LogP contribution in [0.3, 0.4) is 0 Å². The molecule has 20 heavy (non-hydrogen) atoms. The molecule has 1 aliphatic rings. The lowest BCUT2D eigenvalue weighted by Gasteiger charge is -2.20. The van der Waals surface area contributed by atoms with Gasteiger partial charge in [-0.05, 0) is 37.0 Å². The van der Waals surface area contributed by atoms with E-state index in [4.69, 9.17) is 12.2 Å². The van der Waals surface area contributed by atoms with Crippen LogP contribution >= 0.6 is 0 Å². The van der Waals surface area contributed by atoms with E-state index in [0.29, 0.717) is 12.5 Å². The van der Waals surface area contributed by atoms with Gasteiger partial charge >= 0.3 is 0 Å². The van der Waals surface area contributed by atoms with Crippen molar-refractivity contribution in [2.75, 3.05) is 13.1 Å². The highest BCUT2D eigenvalue weighted by Gasteiger charge is 2.31. The first kappa shape index (κ1) is 15.0. The lowest BCUT2D eigenvalue weighted by Crippen LogP contribution is -2.33. The summed E-state index contributed by atoms with van der Waals surface area (Å²) in [5.74, 6) is 2.24. The summed E-state index contributed by atoms with van der Waals surface area (Å²) in [7, 11) is -3.70. The number of terminal acetylenes is 1. The van der Waals surface area contributed by atoms with E-state index in [0.717, 1.165) is 18.9 Å². The zero-order valence-corrected chi connectivity index (χ0v) is 11.9. The Morgan fingerprint density at radius 1 is 1.45 bits per heavy atom. The van der Waals surface area contributed by atoms with Crippen LogP contribution in [-0.2, 0) is 16.6 Å². The van der Waals surface area contributed by atoms with Crippen molar-refractivity contribution in [1.29, 1.82) is 0 Å². The average molecular weight is 296 g/mol. The van der Waals surface area contributed by atoms with E-state index in [9.17, 15) is 12.8 Å². The molecule has 2 N–H and O–H groups in total. The number of halogens is 1. The molecule has 1 aromatic carbocycles. The lowest BCUT2D eigenvalue weighted by molar-refractivity contribution is 0.430. The molecule has 1 saturated carbocycles. The van der Waals surface area contributed by atoms with E-state index in [2.05, 4.69) is 5.92 Å². The summed E-state index contributed by atoms with van der Waals surface area (Å²) in [6.07, 6.45) is 7.29. The van der Waals surface area contributed by atoms with Crippen LogP contribution in [0.4, 0.5) is 4.39 Å². The minimum atomic E-state index is -3.70. The van der Waals surface area contributed by atoms with Crippen molar-refractivity contribution in [3.63, 3.8) is 0 Å². The first-order valence-corrected chi connectivity index (χ1v) is 7.85. The van der Waals surface area contributed by atoms with E-state index in [-0.39, 0.29) is 23.5 Å². The second-order valence-corrected chi connectivity index (χ2v) is 6.84. The summed E-state index contributed by atoms with van der Waals surface area (Å²) in [6.45, 7) is 0.392. The van der Waals surface area contributed by atoms with Gasteiger partial charge in [0.15, 0.2) is 0 Å². The van der Waals surface area contributed by atoms with Crippen LogP contribution in [0, 0.1) is 24.1 Å². The second-order valence-electron chi connectivity index (χ2n) is 4.90. The molecule has 6 heteroatoms. The zero-order chi connectivity index (χ0) is 14.8. The molecule has 0 spiro atoms. The minimum absolute atomic E-state index is 0.0220. The van der Waals surface area contributed by atoms with Gasteiger partial charge in [-0.3, -0.25) is 0 Å². The van der Waals surface area contributed by atoms with Gasteiger partial charge in [0.2, 0.25) is 10.0 Å². The van der Waals surface area contributed by atoms with Crippen molar-refractivity contribution < 1.29 is 12.8 Å². The number of nitrogens with zero attached hydrogens (tertiary/aromatic N) is 1. The van der Waals surface area contributed by atoms with Crippen LogP contribution in [-0.4, -0.2) is 25.8 Å². The number of hydrogen-bond donors (Lipinski definition) is 1. The Morgan fingerprint density at radius 2 is 2.15 bits per heavy atom. The van der Waals surface area contributed by atoms with Crippen molar-refractivity contribution in [3.8, 4) is 12.3 Å². The van der Waals surface area contributed by atoms with E-state index in [1.165, 1.54) is 16.4 Å². The van der Waals surface area contributed by atoms with Crippen LogP contribution in [0.25, 0.3) is 0 Å². The van der Waals surface area contributed by atoms with E-state index in [1.807, 2.05) is 0 Å². The third-order valence-electron chi connectivity index (χ3n) is 3.30. The molecule has 1 aliphatic carbocycles. The molecule has 108 valence electrons. The Bertz CT molecular complexity index is 633. The van der Waals surface area contributed by atoms with Crippen molar-refractivity contribution in [1.82, 2.24) is 4.31 Å². The molecule has 0 bridgehead atoms. The predicted octanol–water partition coefficient (Wildman–Crippen LogP) is 1.32. The smallest absolute Gasteiger partial charge is 0.243 e. The van der Waals surface area contributed by atoms with Gasteiger partial charge < -0.3 is 5.73 Å². The fourth-order valence-electron chi connectivity index (χ4n) is 1.95. The van der Waals surface area contributed by atoms with Gasteiger partial charge in [-0.15, -0.1) is 6.42 Å². The molecule has 0 radical (unpaired) electrons. The Balaban J connectivity index is 2.33. The minimum Gasteiger partial charge on any atom is -0.326 e. The topological polar surface area (TPSA) is 63.4 Å². The maximum absolute atomic E-state index is 13.4. The van der Waals surface area contributed by atoms with Crippen LogP contribution in [0.2, 0.25) is 0 Å². The van der Waals surface area contributed by atoms with Crippen molar-refractivity contribution in [2.24, 2.45) is 11.7 Å². The van der Waals surface area contributed by atoms with Crippen molar-refractivity contribution in [2.45, 2.75) is 24.3 Å². The largest absolute Gasteiger partial charge is 0.326 e. The Morgan fingerprint density at radius 3 is 2.70 bits per heavy atom. The predicted molar refractivity (Wildman–Crippen MR) is 74.6 cm³/mol. The van der Waals surface area contributed by atoms with Gasteiger partial charge in [0.1, 0.15) is 5.82 Å². The monoisotopic (exact) mass is 296 g/mol. The second kappa shape index (κ2) is 5.92. The molecular formula is C14H17FN2O2S. The highest BCUT2D eigenvalue weighted by Crippen LogP contribution is 2.31. The molecule has 0 unspecified atom stereocenters. The standard InChI is InChI=1S/C14H17FN2O2S/c1-2-7-17(10-11-3-4-11)20(18,19)13-5-6-14(15)12(8-13)9-16/h1,5-6,8,11H,3-4,7,9-10,16H2. The van der Waals surface area contributed by atoms with Gasteiger partial charge in [-0.25, -0.2) is 12.8 Å². The molecule has 0 atom stereocenters. The fraction of sp³-hybridized carbons (Fsp3) is 0.429. The van der Waals surface area contributed by atoms with Crippen LogP contribution < -0.4 is 5.73 Å². The SMILES string of the molecule is C#CCN(CC1CC1)S(=O)(=O)c1ccc(F)c(CN)c1. The number of hydrogen-bond acceptors (Lipinski definition) is 3. The van der Waals surface area contributed by atoms with Gasteiger partial charge in [-0.1, -0.05) is 5.92 Å². The van der Waals surface area contributed by atoms with Gasteiger partial charge in [0.25, 0.3) is 0 Å². The molecule has 0 aliphatic heterocycles. The third kappa shape index (κ3) is 3.18. The number of sulfonamides is 1. The fourth-order valence-corrected chi connectivity index (χ4v) is 3.44. The van der Waals surface area contributed by atoms with E-state index >= 15 is 0 Å². The average Bonchev–Trinajstić information content (AvgIpc) is 3.22. The number of rotatable bonds is 6. The van der Waals surface area contributed by atoms with Crippen LogP contribution in [0.5, 0.6) is 0 Å². The van der Waals surface area contributed by atoms with E-state index < -0.39 is 15.8 Å².